The first-order valence-corrected chi connectivity index (χ1v) is 5.84. The highest BCUT2D eigenvalue weighted by Gasteiger charge is 2.08. The van der Waals surface area contributed by atoms with Crippen molar-refractivity contribution in [2.75, 3.05) is 0 Å². The minimum absolute atomic E-state index is 1.09. The molecule has 0 aromatic heterocycles. The Labute approximate surface area is 94.2 Å². The van der Waals surface area contributed by atoms with Crippen LogP contribution in [0.15, 0.2) is 30.3 Å². The fourth-order valence-corrected chi connectivity index (χ4v) is 2.83. The Balaban J connectivity index is 2.24. The maximum absolute atomic E-state index is 2.37. The highest BCUT2D eigenvalue weighted by atomic mass is 14.1. The molecule has 2 aromatic rings. The van der Waals surface area contributed by atoms with Gasteiger partial charge in [0.2, 0.25) is 0 Å². The highest BCUT2D eigenvalue weighted by Crippen LogP contribution is 2.23. The van der Waals surface area contributed by atoms with Crippen LogP contribution in [0.2, 0.25) is 0 Å². The maximum Gasteiger partial charge on any atom is -0.00879 e. The molecule has 0 amide bonds. The molecule has 0 unspecified atom stereocenters. The van der Waals surface area contributed by atoms with Crippen molar-refractivity contribution in [1.82, 2.24) is 0 Å². The molecule has 2 aliphatic carbocycles. The van der Waals surface area contributed by atoms with E-state index in [1.54, 1.807) is 0 Å². The predicted octanol–water partition coefficient (Wildman–Crippen LogP) is 2.37. The minimum Gasteiger partial charge on any atom is -0.0795 e. The summed E-state index contributed by atoms with van der Waals surface area (Å²) < 4.78 is 0. The normalized spacial score (nSPS) is 15.8. The molecule has 0 bridgehead atoms. The summed E-state index contributed by atoms with van der Waals surface area (Å²) in [6, 6.07) is 9.18. The molecule has 2 aromatic carbocycles. The van der Waals surface area contributed by atoms with Crippen molar-refractivity contribution in [2.24, 2.45) is 0 Å². The van der Waals surface area contributed by atoms with E-state index < -0.39 is 0 Å². The topological polar surface area (TPSA) is 0 Å². The van der Waals surface area contributed by atoms with Crippen LogP contribution in [0.1, 0.15) is 17.5 Å². The summed E-state index contributed by atoms with van der Waals surface area (Å²) in [6.45, 7) is 0. The summed E-state index contributed by atoms with van der Waals surface area (Å²) in [6.07, 6.45) is 11.3. The number of benzene rings is 2. The molecule has 2 aliphatic rings. The molecule has 4 rings (SSSR count). The predicted molar refractivity (Wildman–Crippen MR) is 69.5 cm³/mol. The van der Waals surface area contributed by atoms with Gasteiger partial charge in [-0.15, -0.1) is 0 Å². The standard InChI is InChI=1S/C16H12/c1-4-12-9-14-8-7-11-3-2-6-15(11)16(14)10-13(12)5-1/h1,3-4,6-10H,2,5H2. The zero-order valence-corrected chi connectivity index (χ0v) is 9.03. The number of allylic oxidation sites excluding steroid dienone is 1. The molecule has 0 heteroatoms. The fraction of sp³-hybridized carbons (Fsp3) is 0.125. The van der Waals surface area contributed by atoms with Crippen LogP contribution < -0.4 is 10.4 Å². The van der Waals surface area contributed by atoms with Crippen LogP contribution in [0.25, 0.3) is 29.0 Å². The molecule has 0 saturated heterocycles. The Morgan fingerprint density at radius 1 is 1.00 bits per heavy atom. The fourth-order valence-electron chi connectivity index (χ4n) is 2.83. The third-order valence-corrected chi connectivity index (χ3v) is 3.65. The first-order chi connectivity index (χ1) is 7.92. The lowest BCUT2D eigenvalue weighted by molar-refractivity contribution is 1.32. The first-order valence-electron chi connectivity index (χ1n) is 5.84. The summed E-state index contributed by atoms with van der Waals surface area (Å²) in [5.41, 5.74) is 2.87. The van der Waals surface area contributed by atoms with Crippen molar-refractivity contribution in [2.45, 2.75) is 12.8 Å². The van der Waals surface area contributed by atoms with Crippen LogP contribution >= 0.6 is 0 Å². The molecule has 0 nitrogen and oxygen atoms in total. The SMILES string of the molecule is C1=Cc2cc3ccc4c(c3cc2C1)=CCC=4. The Morgan fingerprint density at radius 2 is 2.00 bits per heavy atom. The van der Waals surface area contributed by atoms with Gasteiger partial charge in [-0.2, -0.15) is 0 Å². The molecule has 0 spiro atoms. The van der Waals surface area contributed by atoms with Crippen molar-refractivity contribution in [3.05, 3.63) is 51.9 Å². The van der Waals surface area contributed by atoms with E-state index in [-0.39, 0.29) is 0 Å². The monoisotopic (exact) mass is 204 g/mol. The summed E-state index contributed by atoms with van der Waals surface area (Å²) in [5, 5.41) is 5.63. The largest absolute Gasteiger partial charge is 0.0795 e. The summed E-state index contributed by atoms with van der Waals surface area (Å²) >= 11 is 0. The highest BCUT2D eigenvalue weighted by molar-refractivity contribution is 5.88. The molecule has 0 aliphatic heterocycles. The smallest absolute Gasteiger partial charge is 0.00879 e. The Bertz CT molecular complexity index is 746. The van der Waals surface area contributed by atoms with Gasteiger partial charge in [0, 0.05) is 0 Å². The third kappa shape index (κ3) is 0.992. The van der Waals surface area contributed by atoms with Crippen LogP contribution in [-0.2, 0) is 6.42 Å². The molecule has 0 saturated carbocycles. The van der Waals surface area contributed by atoms with Gasteiger partial charge < -0.3 is 0 Å². The quantitative estimate of drug-likeness (QED) is 0.618. The van der Waals surface area contributed by atoms with Crippen LogP contribution in [-0.4, -0.2) is 0 Å². The zero-order chi connectivity index (χ0) is 10.5. The molecular formula is C16H12. The van der Waals surface area contributed by atoms with Crippen molar-refractivity contribution in [1.29, 1.82) is 0 Å². The lowest BCUT2D eigenvalue weighted by atomic mass is 10.0. The van der Waals surface area contributed by atoms with E-state index in [2.05, 4.69) is 48.6 Å². The van der Waals surface area contributed by atoms with Gasteiger partial charge >= 0.3 is 0 Å². The summed E-state index contributed by atoms with van der Waals surface area (Å²) in [7, 11) is 0. The van der Waals surface area contributed by atoms with Gasteiger partial charge in [-0.1, -0.05) is 36.4 Å². The third-order valence-electron chi connectivity index (χ3n) is 3.65. The van der Waals surface area contributed by atoms with Crippen LogP contribution in [0, 0.1) is 0 Å². The average molecular weight is 204 g/mol. The number of rotatable bonds is 0. The Hall–Kier alpha value is -1.82. The van der Waals surface area contributed by atoms with Crippen LogP contribution in [0.4, 0.5) is 0 Å². The Morgan fingerprint density at radius 3 is 3.00 bits per heavy atom. The van der Waals surface area contributed by atoms with Gasteiger partial charge in [0.1, 0.15) is 0 Å². The van der Waals surface area contributed by atoms with Crippen LogP contribution in [0.5, 0.6) is 0 Å². The van der Waals surface area contributed by atoms with E-state index in [0.717, 1.165) is 12.8 Å². The second-order valence-electron chi connectivity index (χ2n) is 4.59. The van der Waals surface area contributed by atoms with Gasteiger partial charge in [-0.05, 0) is 57.3 Å². The van der Waals surface area contributed by atoms with E-state index in [0.29, 0.717) is 0 Å². The maximum atomic E-state index is 2.37. The van der Waals surface area contributed by atoms with Crippen molar-refractivity contribution in [3.8, 4) is 0 Å². The second kappa shape index (κ2) is 2.85. The molecule has 0 heterocycles. The van der Waals surface area contributed by atoms with Crippen molar-refractivity contribution in [3.63, 3.8) is 0 Å². The minimum atomic E-state index is 1.09. The number of hydrogen-bond acceptors (Lipinski definition) is 0. The van der Waals surface area contributed by atoms with E-state index in [9.17, 15) is 0 Å². The molecule has 76 valence electrons. The summed E-state index contributed by atoms with van der Waals surface area (Å²) in [5.74, 6) is 0. The van der Waals surface area contributed by atoms with E-state index in [1.165, 1.54) is 32.3 Å². The first kappa shape index (κ1) is 8.35. The summed E-state index contributed by atoms with van der Waals surface area (Å²) in [4.78, 5) is 0. The van der Waals surface area contributed by atoms with Crippen LogP contribution in [0.3, 0.4) is 0 Å². The molecule has 0 N–H and O–H groups in total. The van der Waals surface area contributed by atoms with Crippen molar-refractivity contribution >= 4 is 29.0 Å². The van der Waals surface area contributed by atoms with Gasteiger partial charge in [-0.3, -0.25) is 0 Å². The van der Waals surface area contributed by atoms with E-state index >= 15 is 0 Å². The van der Waals surface area contributed by atoms with Gasteiger partial charge in [-0.25, -0.2) is 0 Å². The second-order valence-corrected chi connectivity index (χ2v) is 4.59. The molecule has 0 radical (unpaired) electrons. The lowest BCUT2D eigenvalue weighted by Crippen LogP contribution is -2.21. The number of hydrogen-bond donors (Lipinski definition) is 0. The lowest BCUT2D eigenvalue weighted by Gasteiger charge is -2.03. The molecule has 0 fully saturated rings. The average Bonchev–Trinajstić information content (AvgIpc) is 2.94. The van der Waals surface area contributed by atoms with E-state index in [4.69, 9.17) is 0 Å². The van der Waals surface area contributed by atoms with Crippen molar-refractivity contribution < 1.29 is 0 Å². The molecule has 16 heavy (non-hydrogen) atoms. The zero-order valence-electron chi connectivity index (χ0n) is 9.03. The van der Waals surface area contributed by atoms with E-state index in [1.807, 2.05) is 0 Å². The Kier molecular flexibility index (Phi) is 1.49. The number of fused-ring (bicyclic) bond motifs is 4. The molecular weight excluding hydrogens is 192 g/mol. The van der Waals surface area contributed by atoms with Gasteiger partial charge in [0.25, 0.3) is 0 Å². The van der Waals surface area contributed by atoms with Gasteiger partial charge in [0.15, 0.2) is 0 Å². The van der Waals surface area contributed by atoms with Gasteiger partial charge in [0.05, 0.1) is 0 Å². The molecule has 0 atom stereocenters.